The molecule has 9 heteroatoms. The summed E-state index contributed by atoms with van der Waals surface area (Å²) in [4.78, 5) is 26.1. The molecule has 0 spiro atoms. The number of nitriles is 1. The van der Waals surface area contributed by atoms with Crippen molar-refractivity contribution in [2.45, 2.75) is 30.2 Å². The number of esters is 1. The van der Waals surface area contributed by atoms with Crippen molar-refractivity contribution in [3.8, 4) is 6.07 Å². The van der Waals surface area contributed by atoms with E-state index < -0.39 is 22.0 Å². The van der Waals surface area contributed by atoms with E-state index in [1.807, 2.05) is 30.3 Å². The number of methoxy groups -OCH3 is 1. The van der Waals surface area contributed by atoms with E-state index in [0.29, 0.717) is 17.5 Å². The fourth-order valence-electron chi connectivity index (χ4n) is 3.66. The Kier molecular flexibility index (Phi) is 8.58. The summed E-state index contributed by atoms with van der Waals surface area (Å²) in [7, 11) is -1.16. The van der Waals surface area contributed by atoms with Gasteiger partial charge >= 0.3 is 5.97 Å². The number of carbonyl (C=O) groups is 2. The molecule has 8 nitrogen and oxygen atoms in total. The van der Waals surface area contributed by atoms with Gasteiger partial charge in [-0.1, -0.05) is 42.5 Å². The van der Waals surface area contributed by atoms with E-state index in [1.165, 1.54) is 18.1 Å². The Labute approximate surface area is 205 Å². The smallest absolute Gasteiger partial charge is 0.305 e. The summed E-state index contributed by atoms with van der Waals surface area (Å²) >= 11 is 0. The Bertz CT molecular complexity index is 1350. The maximum absolute atomic E-state index is 13.3. The van der Waals surface area contributed by atoms with Crippen LogP contribution in [0.2, 0.25) is 0 Å². The maximum atomic E-state index is 13.3. The molecule has 0 heterocycles. The van der Waals surface area contributed by atoms with Gasteiger partial charge in [0.2, 0.25) is 15.9 Å². The number of nitrogens with one attached hydrogen (secondary N) is 1. The van der Waals surface area contributed by atoms with Gasteiger partial charge in [-0.05, 0) is 53.4 Å². The van der Waals surface area contributed by atoms with E-state index in [0.717, 1.165) is 10.8 Å². The predicted molar refractivity (Wildman–Crippen MR) is 132 cm³/mol. The van der Waals surface area contributed by atoms with Gasteiger partial charge in [0.05, 0.1) is 23.6 Å². The number of hydrogen-bond donors (Lipinski definition) is 1. The summed E-state index contributed by atoms with van der Waals surface area (Å²) in [5.74, 6) is -0.805. The minimum Gasteiger partial charge on any atom is -0.469 e. The quantitative estimate of drug-likeness (QED) is 0.434. The van der Waals surface area contributed by atoms with Gasteiger partial charge in [-0.2, -0.15) is 9.98 Å². The predicted octanol–water partition coefficient (Wildman–Crippen LogP) is 3.01. The van der Waals surface area contributed by atoms with Crippen molar-refractivity contribution in [2.24, 2.45) is 0 Å². The first-order valence-corrected chi connectivity index (χ1v) is 12.5. The van der Waals surface area contributed by atoms with Crippen LogP contribution in [-0.4, -0.2) is 51.9 Å². The molecule has 0 radical (unpaired) electrons. The van der Waals surface area contributed by atoms with E-state index in [1.54, 1.807) is 43.4 Å². The third-order valence-corrected chi connectivity index (χ3v) is 7.10. The fourth-order valence-corrected chi connectivity index (χ4v) is 4.88. The number of ether oxygens (including phenoxy) is 1. The van der Waals surface area contributed by atoms with Gasteiger partial charge in [0.1, 0.15) is 6.04 Å². The minimum absolute atomic E-state index is 0.0576. The highest BCUT2D eigenvalue weighted by Gasteiger charge is 2.28. The molecule has 0 aromatic heterocycles. The van der Waals surface area contributed by atoms with Gasteiger partial charge in [0, 0.05) is 20.0 Å². The molecule has 1 atom stereocenters. The highest BCUT2D eigenvalue weighted by Crippen LogP contribution is 2.20. The third-order valence-electron chi connectivity index (χ3n) is 5.63. The number of benzene rings is 3. The number of carbonyl (C=O) groups excluding carboxylic acids is 2. The molecule has 3 rings (SSSR count). The zero-order chi connectivity index (χ0) is 25.4. The number of nitrogens with zero attached hydrogens (tertiary/aromatic N) is 2. The average Bonchev–Trinajstić information content (AvgIpc) is 2.87. The van der Waals surface area contributed by atoms with E-state index >= 15 is 0 Å². The van der Waals surface area contributed by atoms with Crippen LogP contribution < -0.4 is 4.72 Å². The van der Waals surface area contributed by atoms with Crippen molar-refractivity contribution in [1.29, 1.82) is 5.26 Å². The van der Waals surface area contributed by atoms with Crippen LogP contribution in [0.3, 0.4) is 0 Å². The number of sulfonamides is 1. The molecule has 0 aliphatic carbocycles. The van der Waals surface area contributed by atoms with Crippen molar-refractivity contribution >= 4 is 32.7 Å². The van der Waals surface area contributed by atoms with Gasteiger partial charge in [-0.3, -0.25) is 9.59 Å². The molecular weight excluding hydrogens is 466 g/mol. The average molecular weight is 494 g/mol. The topological polar surface area (TPSA) is 117 Å². The summed E-state index contributed by atoms with van der Waals surface area (Å²) in [6, 6.07) is 19.8. The monoisotopic (exact) mass is 493 g/mol. The summed E-state index contributed by atoms with van der Waals surface area (Å²) in [6.45, 7) is 0.259. The zero-order valence-electron chi connectivity index (χ0n) is 19.6. The molecule has 0 saturated heterocycles. The molecule has 0 saturated carbocycles. The van der Waals surface area contributed by atoms with E-state index in [2.05, 4.69) is 9.46 Å². The summed E-state index contributed by atoms with van der Waals surface area (Å²) < 4.78 is 33.7. The maximum Gasteiger partial charge on any atom is 0.305 e. The Morgan fingerprint density at radius 2 is 1.74 bits per heavy atom. The van der Waals surface area contributed by atoms with Crippen LogP contribution in [0.5, 0.6) is 0 Å². The van der Waals surface area contributed by atoms with Gasteiger partial charge in [0.15, 0.2) is 0 Å². The number of amides is 1. The molecule has 1 amide bonds. The Balaban J connectivity index is 1.84. The van der Waals surface area contributed by atoms with E-state index in [4.69, 9.17) is 5.26 Å². The van der Waals surface area contributed by atoms with Crippen molar-refractivity contribution in [2.75, 3.05) is 20.7 Å². The highest BCUT2D eigenvalue weighted by atomic mass is 32.2. The largest absolute Gasteiger partial charge is 0.469 e. The van der Waals surface area contributed by atoms with Crippen LogP contribution in [0.1, 0.15) is 24.0 Å². The second kappa shape index (κ2) is 11.6. The highest BCUT2D eigenvalue weighted by molar-refractivity contribution is 7.89. The minimum atomic E-state index is -4.02. The van der Waals surface area contributed by atoms with Crippen LogP contribution in [0, 0.1) is 11.3 Å². The normalized spacial score (nSPS) is 12.0. The molecule has 0 aliphatic rings. The molecule has 35 heavy (non-hydrogen) atoms. The van der Waals surface area contributed by atoms with E-state index in [-0.39, 0.29) is 30.3 Å². The van der Waals surface area contributed by atoms with Crippen molar-refractivity contribution in [3.05, 3.63) is 77.9 Å². The first kappa shape index (κ1) is 25.9. The first-order chi connectivity index (χ1) is 16.7. The SMILES string of the molecule is COC(=O)CCCN(C)C(=O)C(Cc1ccc(C#N)cc1)NS(=O)(=O)c1ccc2ccccc2c1. The lowest BCUT2D eigenvalue weighted by Gasteiger charge is -2.25. The fraction of sp³-hybridized carbons (Fsp3) is 0.269. The number of rotatable bonds is 10. The molecular formula is C26H27N3O5S. The Hall–Kier alpha value is -3.74. The number of likely N-dealkylation sites (N-methyl/N-ethyl adjacent to an activating group) is 1. The molecule has 3 aromatic carbocycles. The van der Waals surface area contributed by atoms with Gasteiger partial charge in [-0.15, -0.1) is 0 Å². The second-order valence-corrected chi connectivity index (χ2v) is 9.85. The van der Waals surface area contributed by atoms with Crippen molar-refractivity contribution in [3.63, 3.8) is 0 Å². The van der Waals surface area contributed by atoms with Gasteiger partial charge in [-0.25, -0.2) is 8.42 Å². The summed E-state index contributed by atoms with van der Waals surface area (Å²) in [5.41, 5.74) is 1.17. The molecule has 0 aliphatic heterocycles. The third kappa shape index (κ3) is 6.88. The molecule has 182 valence electrons. The molecule has 0 fully saturated rings. The zero-order valence-corrected chi connectivity index (χ0v) is 20.4. The van der Waals surface area contributed by atoms with Crippen LogP contribution in [0.15, 0.2) is 71.6 Å². The number of hydrogen-bond acceptors (Lipinski definition) is 6. The molecule has 0 bridgehead atoms. The standard InChI is InChI=1S/C26H27N3O5S/c1-29(15-5-8-25(30)34-2)26(31)24(16-19-9-11-20(18-27)12-10-19)28-35(32,33)23-14-13-21-6-3-4-7-22(21)17-23/h3-4,6-7,9-14,17,24,28H,5,8,15-16H2,1-2H3. The first-order valence-electron chi connectivity index (χ1n) is 11.1. The van der Waals surface area contributed by atoms with Crippen LogP contribution >= 0.6 is 0 Å². The number of fused-ring (bicyclic) bond motifs is 1. The summed E-state index contributed by atoms with van der Waals surface area (Å²) in [5, 5.41) is 10.7. The van der Waals surface area contributed by atoms with Gasteiger partial charge < -0.3 is 9.64 Å². The molecule has 1 unspecified atom stereocenters. The van der Waals surface area contributed by atoms with Gasteiger partial charge in [0.25, 0.3) is 0 Å². The van der Waals surface area contributed by atoms with Crippen molar-refractivity contribution in [1.82, 2.24) is 9.62 Å². The van der Waals surface area contributed by atoms with E-state index in [9.17, 15) is 18.0 Å². The second-order valence-electron chi connectivity index (χ2n) is 8.14. The Morgan fingerprint density at radius 1 is 1.06 bits per heavy atom. The summed E-state index contributed by atoms with van der Waals surface area (Å²) in [6.07, 6.45) is 0.631. The lowest BCUT2D eigenvalue weighted by Crippen LogP contribution is -2.48. The van der Waals surface area contributed by atoms with Crippen LogP contribution in [0.25, 0.3) is 10.8 Å². The van der Waals surface area contributed by atoms with Crippen LogP contribution in [0.4, 0.5) is 0 Å². The van der Waals surface area contributed by atoms with Crippen molar-refractivity contribution < 1.29 is 22.7 Å². The lowest BCUT2D eigenvalue weighted by molar-refractivity contribution is -0.141. The Morgan fingerprint density at radius 3 is 2.40 bits per heavy atom. The molecule has 3 aromatic rings. The van der Waals surface area contributed by atoms with Crippen LogP contribution in [-0.2, 0) is 30.8 Å². The lowest BCUT2D eigenvalue weighted by atomic mass is 10.0. The molecule has 1 N–H and O–H groups in total.